The van der Waals surface area contributed by atoms with Gasteiger partial charge in [0.2, 0.25) is 0 Å². The van der Waals surface area contributed by atoms with Crippen LogP contribution < -0.4 is 5.73 Å². The van der Waals surface area contributed by atoms with E-state index in [1.165, 1.54) is 25.7 Å². The molecule has 0 bridgehead atoms. The molecule has 0 saturated heterocycles. The van der Waals surface area contributed by atoms with Gasteiger partial charge in [0.15, 0.2) is 0 Å². The first-order valence-corrected chi connectivity index (χ1v) is 6.98. The molecular weight excluding hydrogens is 240 g/mol. The molecule has 2 unspecified atom stereocenters. The molecule has 1 aliphatic rings. The molecule has 1 saturated carbocycles. The standard InChI is InChI=1S/C15H22N2O2/c1-12-3-2-8-15(9-12,11-16)10-13-4-6-14(7-5-13)17(18)19/h4-7,12H,2-3,8-11,16H2,1H3. The summed E-state index contributed by atoms with van der Waals surface area (Å²) in [6, 6.07) is 6.92. The van der Waals surface area contributed by atoms with Crippen LogP contribution in [-0.2, 0) is 6.42 Å². The molecule has 1 aromatic carbocycles. The van der Waals surface area contributed by atoms with E-state index in [0.29, 0.717) is 6.54 Å². The molecule has 0 aliphatic heterocycles. The van der Waals surface area contributed by atoms with Crippen molar-refractivity contribution >= 4 is 5.69 Å². The van der Waals surface area contributed by atoms with Crippen LogP contribution in [0.4, 0.5) is 5.69 Å². The second-order valence-corrected chi connectivity index (χ2v) is 6.01. The van der Waals surface area contributed by atoms with E-state index in [1.807, 2.05) is 12.1 Å². The third kappa shape index (κ3) is 3.32. The van der Waals surface area contributed by atoms with E-state index in [1.54, 1.807) is 12.1 Å². The third-order valence-electron chi connectivity index (χ3n) is 4.34. The van der Waals surface area contributed by atoms with Crippen LogP contribution >= 0.6 is 0 Å². The zero-order valence-electron chi connectivity index (χ0n) is 11.5. The molecule has 2 atom stereocenters. The van der Waals surface area contributed by atoms with Crippen molar-refractivity contribution in [3.05, 3.63) is 39.9 Å². The van der Waals surface area contributed by atoms with Crippen molar-refractivity contribution in [2.24, 2.45) is 17.1 Å². The number of nitro benzene ring substituents is 1. The fraction of sp³-hybridized carbons (Fsp3) is 0.600. The SMILES string of the molecule is CC1CCCC(CN)(Cc2ccc([N+](=O)[O-])cc2)C1. The minimum absolute atomic E-state index is 0.155. The maximum absolute atomic E-state index is 10.6. The second kappa shape index (κ2) is 5.70. The summed E-state index contributed by atoms with van der Waals surface area (Å²) in [5, 5.41) is 10.6. The van der Waals surface area contributed by atoms with Crippen molar-refractivity contribution in [2.75, 3.05) is 6.54 Å². The minimum atomic E-state index is -0.356. The van der Waals surface area contributed by atoms with Gasteiger partial charge in [-0.05, 0) is 42.7 Å². The minimum Gasteiger partial charge on any atom is -0.330 e. The molecular formula is C15H22N2O2. The lowest BCUT2D eigenvalue weighted by Gasteiger charge is -2.39. The Kier molecular flexibility index (Phi) is 4.20. The lowest BCUT2D eigenvalue weighted by molar-refractivity contribution is -0.384. The van der Waals surface area contributed by atoms with Gasteiger partial charge in [-0.15, -0.1) is 0 Å². The van der Waals surface area contributed by atoms with Gasteiger partial charge >= 0.3 is 0 Å². The third-order valence-corrected chi connectivity index (χ3v) is 4.34. The predicted octanol–water partition coefficient (Wildman–Crippen LogP) is 3.29. The van der Waals surface area contributed by atoms with E-state index in [9.17, 15) is 10.1 Å². The Hall–Kier alpha value is -1.42. The first-order chi connectivity index (χ1) is 9.04. The number of non-ortho nitro benzene ring substituents is 1. The highest BCUT2D eigenvalue weighted by Crippen LogP contribution is 2.41. The average Bonchev–Trinajstić information content (AvgIpc) is 2.39. The Balaban J connectivity index is 2.11. The maximum Gasteiger partial charge on any atom is 0.269 e. The summed E-state index contributed by atoms with van der Waals surface area (Å²) in [4.78, 5) is 10.3. The Bertz CT molecular complexity index is 444. The van der Waals surface area contributed by atoms with E-state index in [0.717, 1.165) is 17.9 Å². The van der Waals surface area contributed by atoms with Gasteiger partial charge in [0.05, 0.1) is 4.92 Å². The average molecular weight is 262 g/mol. The Labute approximate surface area is 114 Å². The van der Waals surface area contributed by atoms with Gasteiger partial charge in [-0.2, -0.15) is 0 Å². The van der Waals surface area contributed by atoms with Crippen LogP contribution in [0.15, 0.2) is 24.3 Å². The van der Waals surface area contributed by atoms with Crippen LogP contribution in [0.3, 0.4) is 0 Å². The molecule has 0 spiro atoms. The van der Waals surface area contributed by atoms with Crippen molar-refractivity contribution in [2.45, 2.75) is 39.0 Å². The zero-order chi connectivity index (χ0) is 13.9. The van der Waals surface area contributed by atoms with Crippen LogP contribution in [0.25, 0.3) is 0 Å². The van der Waals surface area contributed by atoms with E-state index in [4.69, 9.17) is 5.73 Å². The topological polar surface area (TPSA) is 69.2 Å². The first kappa shape index (κ1) is 14.0. The quantitative estimate of drug-likeness (QED) is 0.668. The highest BCUT2D eigenvalue weighted by molar-refractivity contribution is 5.33. The maximum atomic E-state index is 10.6. The number of nitro groups is 1. The highest BCUT2D eigenvalue weighted by Gasteiger charge is 2.33. The number of nitrogens with zero attached hydrogens (tertiary/aromatic N) is 1. The van der Waals surface area contributed by atoms with E-state index in [-0.39, 0.29) is 16.0 Å². The Morgan fingerprint density at radius 2 is 2.11 bits per heavy atom. The van der Waals surface area contributed by atoms with E-state index >= 15 is 0 Å². The second-order valence-electron chi connectivity index (χ2n) is 6.01. The van der Waals surface area contributed by atoms with Crippen molar-refractivity contribution < 1.29 is 4.92 Å². The Morgan fingerprint density at radius 3 is 2.63 bits per heavy atom. The van der Waals surface area contributed by atoms with Crippen LogP contribution in [0, 0.1) is 21.4 Å². The first-order valence-electron chi connectivity index (χ1n) is 6.98. The van der Waals surface area contributed by atoms with Crippen molar-refractivity contribution in [1.82, 2.24) is 0 Å². The number of benzene rings is 1. The summed E-state index contributed by atoms with van der Waals surface area (Å²) in [6.07, 6.45) is 5.81. The lowest BCUT2D eigenvalue weighted by atomic mass is 9.67. The van der Waals surface area contributed by atoms with Crippen molar-refractivity contribution in [1.29, 1.82) is 0 Å². The highest BCUT2D eigenvalue weighted by atomic mass is 16.6. The van der Waals surface area contributed by atoms with Crippen LogP contribution in [0.5, 0.6) is 0 Å². The van der Waals surface area contributed by atoms with Gasteiger partial charge < -0.3 is 5.73 Å². The number of nitrogens with two attached hydrogens (primary N) is 1. The van der Waals surface area contributed by atoms with Crippen LogP contribution in [0.1, 0.15) is 38.2 Å². The molecule has 4 nitrogen and oxygen atoms in total. The molecule has 0 heterocycles. The normalized spacial score (nSPS) is 27.2. The Morgan fingerprint density at radius 1 is 1.42 bits per heavy atom. The van der Waals surface area contributed by atoms with Crippen molar-refractivity contribution in [3.8, 4) is 0 Å². The summed E-state index contributed by atoms with van der Waals surface area (Å²) in [5.41, 5.74) is 7.52. The van der Waals surface area contributed by atoms with Crippen LogP contribution in [0.2, 0.25) is 0 Å². The van der Waals surface area contributed by atoms with Gasteiger partial charge in [-0.3, -0.25) is 10.1 Å². The molecule has 4 heteroatoms. The number of hydrogen-bond donors (Lipinski definition) is 1. The molecule has 19 heavy (non-hydrogen) atoms. The molecule has 0 radical (unpaired) electrons. The summed E-state index contributed by atoms with van der Waals surface area (Å²) in [6.45, 7) is 2.99. The molecule has 0 aromatic heterocycles. The lowest BCUT2D eigenvalue weighted by Crippen LogP contribution is -2.37. The van der Waals surface area contributed by atoms with Gasteiger partial charge in [-0.25, -0.2) is 0 Å². The van der Waals surface area contributed by atoms with E-state index < -0.39 is 0 Å². The molecule has 1 aromatic rings. The predicted molar refractivity (Wildman–Crippen MR) is 75.9 cm³/mol. The molecule has 0 amide bonds. The summed E-state index contributed by atoms with van der Waals surface area (Å²) >= 11 is 0. The fourth-order valence-corrected chi connectivity index (χ4v) is 3.36. The molecule has 1 fully saturated rings. The smallest absolute Gasteiger partial charge is 0.269 e. The summed E-state index contributed by atoms with van der Waals surface area (Å²) < 4.78 is 0. The number of rotatable bonds is 4. The molecule has 104 valence electrons. The van der Waals surface area contributed by atoms with E-state index in [2.05, 4.69) is 6.92 Å². The summed E-state index contributed by atoms with van der Waals surface area (Å²) in [7, 11) is 0. The molecule has 1 aliphatic carbocycles. The monoisotopic (exact) mass is 262 g/mol. The van der Waals surface area contributed by atoms with Gasteiger partial charge in [0.1, 0.15) is 0 Å². The number of hydrogen-bond acceptors (Lipinski definition) is 3. The zero-order valence-corrected chi connectivity index (χ0v) is 11.5. The molecule has 2 rings (SSSR count). The van der Waals surface area contributed by atoms with Gasteiger partial charge in [0, 0.05) is 12.1 Å². The van der Waals surface area contributed by atoms with Crippen LogP contribution in [-0.4, -0.2) is 11.5 Å². The summed E-state index contributed by atoms with van der Waals surface area (Å²) in [5.74, 6) is 0.732. The molecule has 2 N–H and O–H groups in total. The van der Waals surface area contributed by atoms with Crippen molar-refractivity contribution in [3.63, 3.8) is 0 Å². The van der Waals surface area contributed by atoms with Gasteiger partial charge in [0.25, 0.3) is 5.69 Å². The fourth-order valence-electron chi connectivity index (χ4n) is 3.36. The van der Waals surface area contributed by atoms with Gasteiger partial charge in [-0.1, -0.05) is 31.9 Å². The largest absolute Gasteiger partial charge is 0.330 e.